The zero-order chi connectivity index (χ0) is 19.4. The number of benzene rings is 2. The Kier molecular flexibility index (Phi) is 5.50. The van der Waals surface area contributed by atoms with Crippen molar-refractivity contribution >= 4 is 27.3 Å². The smallest absolute Gasteiger partial charge is 0.262 e. The number of rotatable bonds is 6. The molecule has 0 aromatic heterocycles. The minimum absolute atomic E-state index is 0.120. The first-order valence-corrected chi connectivity index (χ1v) is 9.86. The maximum atomic E-state index is 12.9. The Labute approximate surface area is 156 Å². The topological polar surface area (TPSA) is 84.9 Å². The number of sulfonamides is 1. The van der Waals surface area contributed by atoms with Gasteiger partial charge in [-0.2, -0.15) is 0 Å². The van der Waals surface area contributed by atoms with E-state index in [9.17, 15) is 17.6 Å². The number of carbonyl (C=O) groups excluding carboxylic acids is 1. The second kappa shape index (κ2) is 7.83. The van der Waals surface area contributed by atoms with Crippen molar-refractivity contribution in [2.24, 2.45) is 0 Å². The molecule has 3 rings (SSSR count). The third-order valence-corrected chi connectivity index (χ3v) is 5.90. The molecule has 1 aliphatic rings. The molecular weight excluding hydrogens is 375 g/mol. The summed E-state index contributed by atoms with van der Waals surface area (Å²) in [6.45, 7) is 0.153. The summed E-state index contributed by atoms with van der Waals surface area (Å²) < 4.78 is 48.8. The Morgan fingerprint density at radius 2 is 1.96 bits per heavy atom. The van der Waals surface area contributed by atoms with Gasteiger partial charge in [0.2, 0.25) is 10.0 Å². The SMILES string of the molecule is COc1cc(N2CCCS2(=O)=O)ccc1NC(=O)COc1ccc(F)cc1. The van der Waals surface area contributed by atoms with Gasteiger partial charge in [-0.1, -0.05) is 0 Å². The van der Waals surface area contributed by atoms with E-state index in [0.717, 1.165) is 0 Å². The Morgan fingerprint density at radius 1 is 1.22 bits per heavy atom. The van der Waals surface area contributed by atoms with Crippen LogP contribution < -0.4 is 19.1 Å². The molecule has 0 saturated carbocycles. The molecule has 1 amide bonds. The van der Waals surface area contributed by atoms with Crippen LogP contribution in [0.2, 0.25) is 0 Å². The van der Waals surface area contributed by atoms with Gasteiger partial charge in [0.05, 0.1) is 24.2 Å². The Balaban J connectivity index is 1.67. The average Bonchev–Trinajstić information content (AvgIpc) is 3.00. The molecule has 0 radical (unpaired) electrons. The molecule has 1 aliphatic heterocycles. The van der Waals surface area contributed by atoms with Crippen LogP contribution in [0.4, 0.5) is 15.8 Å². The molecule has 144 valence electrons. The number of nitrogens with zero attached hydrogens (tertiary/aromatic N) is 1. The zero-order valence-electron chi connectivity index (χ0n) is 14.6. The van der Waals surface area contributed by atoms with Crippen LogP contribution in [-0.4, -0.2) is 40.3 Å². The van der Waals surface area contributed by atoms with Gasteiger partial charge < -0.3 is 14.8 Å². The molecule has 9 heteroatoms. The summed E-state index contributed by atoms with van der Waals surface area (Å²) >= 11 is 0. The lowest BCUT2D eigenvalue weighted by atomic mass is 10.2. The third kappa shape index (κ3) is 4.48. The second-order valence-electron chi connectivity index (χ2n) is 5.92. The van der Waals surface area contributed by atoms with Crippen LogP contribution in [-0.2, 0) is 14.8 Å². The van der Waals surface area contributed by atoms with E-state index >= 15 is 0 Å². The Bertz CT molecular complexity index is 931. The summed E-state index contributed by atoms with van der Waals surface area (Å²) in [5.41, 5.74) is 0.885. The van der Waals surface area contributed by atoms with Crippen molar-refractivity contribution in [3.63, 3.8) is 0 Å². The van der Waals surface area contributed by atoms with Gasteiger partial charge in [-0.15, -0.1) is 0 Å². The zero-order valence-corrected chi connectivity index (χ0v) is 15.5. The summed E-state index contributed by atoms with van der Waals surface area (Å²) in [7, 11) is -1.87. The summed E-state index contributed by atoms with van der Waals surface area (Å²) in [5, 5.41) is 2.65. The van der Waals surface area contributed by atoms with Gasteiger partial charge in [-0.3, -0.25) is 9.10 Å². The van der Waals surface area contributed by atoms with Gasteiger partial charge in [-0.25, -0.2) is 12.8 Å². The number of hydrogen-bond acceptors (Lipinski definition) is 5. The van der Waals surface area contributed by atoms with E-state index in [-0.39, 0.29) is 12.4 Å². The van der Waals surface area contributed by atoms with E-state index in [0.29, 0.717) is 35.8 Å². The van der Waals surface area contributed by atoms with Gasteiger partial charge in [0.1, 0.15) is 17.3 Å². The monoisotopic (exact) mass is 394 g/mol. The van der Waals surface area contributed by atoms with Crippen molar-refractivity contribution in [1.29, 1.82) is 0 Å². The molecule has 2 aromatic carbocycles. The first-order chi connectivity index (χ1) is 12.9. The van der Waals surface area contributed by atoms with Gasteiger partial charge in [-0.05, 0) is 42.8 Å². The van der Waals surface area contributed by atoms with E-state index in [4.69, 9.17) is 9.47 Å². The summed E-state index contributed by atoms with van der Waals surface area (Å²) in [4.78, 5) is 12.1. The number of nitrogens with one attached hydrogen (secondary N) is 1. The highest BCUT2D eigenvalue weighted by atomic mass is 32.2. The number of methoxy groups -OCH3 is 1. The maximum Gasteiger partial charge on any atom is 0.262 e. The summed E-state index contributed by atoms with van der Waals surface area (Å²) in [6.07, 6.45) is 0.573. The lowest BCUT2D eigenvalue weighted by Crippen LogP contribution is -2.25. The molecule has 2 aromatic rings. The fourth-order valence-corrected chi connectivity index (χ4v) is 4.29. The van der Waals surface area contributed by atoms with Crippen LogP contribution in [0.15, 0.2) is 42.5 Å². The van der Waals surface area contributed by atoms with Crippen LogP contribution in [0.1, 0.15) is 6.42 Å². The molecule has 27 heavy (non-hydrogen) atoms. The largest absolute Gasteiger partial charge is 0.494 e. The number of carbonyl (C=O) groups is 1. The number of ether oxygens (including phenoxy) is 2. The van der Waals surface area contributed by atoms with Crippen LogP contribution >= 0.6 is 0 Å². The average molecular weight is 394 g/mol. The highest BCUT2D eigenvalue weighted by Crippen LogP contribution is 2.32. The lowest BCUT2D eigenvalue weighted by molar-refractivity contribution is -0.118. The van der Waals surface area contributed by atoms with Crippen molar-refractivity contribution in [1.82, 2.24) is 0 Å². The van der Waals surface area contributed by atoms with E-state index in [1.165, 1.54) is 35.7 Å². The first-order valence-electron chi connectivity index (χ1n) is 8.26. The molecule has 1 saturated heterocycles. The van der Waals surface area contributed by atoms with Gasteiger partial charge in [0.25, 0.3) is 5.91 Å². The Hall–Kier alpha value is -2.81. The van der Waals surface area contributed by atoms with E-state index in [1.807, 2.05) is 0 Å². The van der Waals surface area contributed by atoms with Crippen LogP contribution in [0.5, 0.6) is 11.5 Å². The minimum Gasteiger partial charge on any atom is -0.494 e. The lowest BCUT2D eigenvalue weighted by Gasteiger charge is -2.19. The van der Waals surface area contributed by atoms with Crippen molar-refractivity contribution in [2.45, 2.75) is 6.42 Å². The minimum atomic E-state index is -3.30. The van der Waals surface area contributed by atoms with Crippen molar-refractivity contribution in [2.75, 3.05) is 35.6 Å². The fourth-order valence-electron chi connectivity index (χ4n) is 2.73. The molecule has 0 aliphatic carbocycles. The molecule has 1 heterocycles. The first kappa shape index (κ1) is 19.0. The normalized spacial score (nSPS) is 15.4. The van der Waals surface area contributed by atoms with E-state index < -0.39 is 21.7 Å². The van der Waals surface area contributed by atoms with Crippen LogP contribution in [0.25, 0.3) is 0 Å². The van der Waals surface area contributed by atoms with Gasteiger partial charge >= 0.3 is 0 Å². The van der Waals surface area contributed by atoms with Gasteiger partial charge in [0.15, 0.2) is 6.61 Å². The van der Waals surface area contributed by atoms with E-state index in [2.05, 4.69) is 5.32 Å². The summed E-state index contributed by atoms with van der Waals surface area (Å²) in [6, 6.07) is 10.1. The van der Waals surface area contributed by atoms with Crippen molar-refractivity contribution in [3.05, 3.63) is 48.3 Å². The third-order valence-electron chi connectivity index (χ3n) is 4.03. The predicted octanol–water partition coefficient (Wildman–Crippen LogP) is 2.39. The molecule has 0 spiro atoms. The predicted molar refractivity (Wildman–Crippen MR) is 99.3 cm³/mol. The number of halogens is 1. The van der Waals surface area contributed by atoms with Crippen LogP contribution in [0.3, 0.4) is 0 Å². The van der Waals surface area contributed by atoms with Gasteiger partial charge in [0, 0.05) is 12.6 Å². The molecular formula is C18H19FN2O5S. The molecule has 7 nitrogen and oxygen atoms in total. The second-order valence-corrected chi connectivity index (χ2v) is 7.93. The molecule has 0 bridgehead atoms. The fraction of sp³-hybridized carbons (Fsp3) is 0.278. The summed E-state index contributed by atoms with van der Waals surface area (Å²) in [5.74, 6) is 0.00258. The number of anilines is 2. The Morgan fingerprint density at radius 3 is 2.59 bits per heavy atom. The quantitative estimate of drug-likeness (QED) is 0.813. The molecule has 0 unspecified atom stereocenters. The number of amides is 1. The highest BCUT2D eigenvalue weighted by molar-refractivity contribution is 7.93. The number of hydrogen-bond donors (Lipinski definition) is 1. The van der Waals surface area contributed by atoms with Crippen LogP contribution in [0, 0.1) is 5.82 Å². The maximum absolute atomic E-state index is 12.9. The van der Waals surface area contributed by atoms with Crippen molar-refractivity contribution < 1.29 is 27.1 Å². The standard InChI is InChI=1S/C18H19FN2O5S/c1-25-17-11-14(21-9-2-10-27(21,23)24)5-8-16(17)20-18(22)12-26-15-6-3-13(19)4-7-15/h3-8,11H,2,9-10,12H2,1H3,(H,20,22). The molecule has 0 atom stereocenters. The molecule has 1 N–H and O–H groups in total. The molecule has 1 fully saturated rings. The van der Waals surface area contributed by atoms with Crippen molar-refractivity contribution in [3.8, 4) is 11.5 Å². The van der Waals surface area contributed by atoms with E-state index in [1.54, 1.807) is 18.2 Å². The highest BCUT2D eigenvalue weighted by Gasteiger charge is 2.29.